The summed E-state index contributed by atoms with van der Waals surface area (Å²) in [4.78, 5) is 12.1. The number of alkyl halides is 1. The molecule has 2 rings (SSSR count). The van der Waals surface area contributed by atoms with E-state index in [-0.39, 0.29) is 11.9 Å². The fraction of sp³-hybridized carbons (Fsp3) is 0.533. The number of halogens is 1. The van der Waals surface area contributed by atoms with Crippen LogP contribution >= 0.6 is 11.6 Å². The molecule has 1 N–H and O–H groups in total. The van der Waals surface area contributed by atoms with Crippen LogP contribution in [0, 0.1) is 0 Å². The first-order valence-corrected chi connectivity index (χ1v) is 7.25. The maximum atomic E-state index is 12.1. The van der Waals surface area contributed by atoms with Crippen LogP contribution in [0.4, 0.5) is 0 Å². The lowest BCUT2D eigenvalue weighted by Gasteiger charge is -2.16. The van der Waals surface area contributed by atoms with Crippen molar-refractivity contribution in [2.24, 2.45) is 0 Å². The van der Waals surface area contributed by atoms with Crippen LogP contribution in [-0.4, -0.2) is 26.2 Å². The van der Waals surface area contributed by atoms with E-state index in [0.717, 1.165) is 12.8 Å². The standard InChI is InChI=1S/C15H20ClNO3/c1-19-12-8-7-10(9-13(12)20-2)14(16)15(18)17-11-5-3-4-6-11/h7-9,11,14H,3-6H2,1-2H3,(H,17,18). The van der Waals surface area contributed by atoms with Crippen molar-refractivity contribution in [3.8, 4) is 11.5 Å². The Hall–Kier alpha value is -1.42. The minimum atomic E-state index is -0.713. The highest BCUT2D eigenvalue weighted by Crippen LogP contribution is 2.32. The molecule has 4 nitrogen and oxygen atoms in total. The van der Waals surface area contributed by atoms with Gasteiger partial charge in [-0.1, -0.05) is 18.9 Å². The van der Waals surface area contributed by atoms with Gasteiger partial charge < -0.3 is 14.8 Å². The normalized spacial score (nSPS) is 16.8. The van der Waals surface area contributed by atoms with E-state index in [9.17, 15) is 4.79 Å². The third-order valence-electron chi connectivity index (χ3n) is 3.63. The third kappa shape index (κ3) is 3.37. The van der Waals surface area contributed by atoms with Crippen molar-refractivity contribution in [2.45, 2.75) is 37.1 Å². The maximum Gasteiger partial charge on any atom is 0.242 e. The zero-order valence-electron chi connectivity index (χ0n) is 11.8. The van der Waals surface area contributed by atoms with Crippen LogP contribution in [0.2, 0.25) is 0 Å². The summed E-state index contributed by atoms with van der Waals surface area (Å²) >= 11 is 6.25. The minimum absolute atomic E-state index is 0.147. The highest BCUT2D eigenvalue weighted by molar-refractivity contribution is 6.30. The van der Waals surface area contributed by atoms with Crippen molar-refractivity contribution in [1.82, 2.24) is 5.32 Å². The van der Waals surface area contributed by atoms with Gasteiger partial charge in [0.25, 0.3) is 0 Å². The first-order chi connectivity index (χ1) is 9.65. The Morgan fingerprint density at radius 3 is 2.50 bits per heavy atom. The van der Waals surface area contributed by atoms with Crippen molar-refractivity contribution < 1.29 is 14.3 Å². The second-order valence-corrected chi connectivity index (χ2v) is 5.40. The van der Waals surface area contributed by atoms with E-state index in [2.05, 4.69) is 5.32 Å². The van der Waals surface area contributed by atoms with Gasteiger partial charge in [0.05, 0.1) is 14.2 Å². The molecule has 5 heteroatoms. The molecule has 0 aliphatic heterocycles. The van der Waals surface area contributed by atoms with E-state index in [1.807, 2.05) is 0 Å². The summed E-state index contributed by atoms with van der Waals surface area (Å²) in [6.07, 6.45) is 4.44. The van der Waals surface area contributed by atoms with E-state index < -0.39 is 5.38 Å². The summed E-state index contributed by atoms with van der Waals surface area (Å²) in [6.45, 7) is 0. The first kappa shape index (κ1) is 15.0. The molecule has 1 saturated carbocycles. The number of ether oxygens (including phenoxy) is 2. The van der Waals surface area contributed by atoms with Crippen LogP contribution in [-0.2, 0) is 4.79 Å². The number of nitrogens with one attached hydrogen (secondary N) is 1. The Morgan fingerprint density at radius 2 is 1.90 bits per heavy atom. The summed E-state index contributed by atoms with van der Waals surface area (Å²) in [6, 6.07) is 5.55. The third-order valence-corrected chi connectivity index (χ3v) is 4.08. The van der Waals surface area contributed by atoms with Crippen LogP contribution in [0.5, 0.6) is 11.5 Å². The van der Waals surface area contributed by atoms with Crippen LogP contribution in [0.1, 0.15) is 36.6 Å². The number of hydrogen-bond donors (Lipinski definition) is 1. The molecule has 0 bridgehead atoms. The molecule has 1 fully saturated rings. The zero-order chi connectivity index (χ0) is 14.5. The van der Waals surface area contributed by atoms with Gasteiger partial charge in [-0.15, -0.1) is 11.6 Å². The average molecular weight is 298 g/mol. The molecule has 1 unspecified atom stereocenters. The van der Waals surface area contributed by atoms with E-state index >= 15 is 0 Å². The van der Waals surface area contributed by atoms with Crippen molar-refractivity contribution in [1.29, 1.82) is 0 Å². The zero-order valence-corrected chi connectivity index (χ0v) is 12.6. The number of rotatable bonds is 5. The maximum absolute atomic E-state index is 12.1. The van der Waals surface area contributed by atoms with Crippen molar-refractivity contribution >= 4 is 17.5 Å². The Labute approximate surface area is 124 Å². The van der Waals surface area contributed by atoms with Crippen molar-refractivity contribution in [2.75, 3.05) is 14.2 Å². The molecule has 0 saturated heterocycles. The predicted octanol–water partition coefficient (Wildman–Crippen LogP) is 3.04. The Balaban J connectivity index is 2.07. The average Bonchev–Trinajstić information content (AvgIpc) is 2.98. The van der Waals surface area contributed by atoms with E-state index in [1.165, 1.54) is 12.8 Å². The molecule has 1 atom stereocenters. The monoisotopic (exact) mass is 297 g/mol. The number of methoxy groups -OCH3 is 2. The summed E-state index contributed by atoms with van der Waals surface area (Å²) in [5.41, 5.74) is 0.708. The lowest BCUT2D eigenvalue weighted by molar-refractivity contribution is -0.121. The SMILES string of the molecule is COc1ccc(C(Cl)C(=O)NC2CCCC2)cc1OC. The molecule has 1 aliphatic rings. The molecule has 0 spiro atoms. The Kier molecular flexibility index (Phi) is 5.12. The summed E-state index contributed by atoms with van der Waals surface area (Å²) < 4.78 is 10.4. The van der Waals surface area contributed by atoms with Crippen LogP contribution in [0.3, 0.4) is 0 Å². The largest absolute Gasteiger partial charge is 0.493 e. The smallest absolute Gasteiger partial charge is 0.242 e. The van der Waals surface area contributed by atoms with E-state index in [0.29, 0.717) is 17.1 Å². The molecule has 0 heterocycles. The lowest BCUT2D eigenvalue weighted by Crippen LogP contribution is -2.34. The van der Waals surface area contributed by atoms with Gasteiger partial charge >= 0.3 is 0 Å². The molecule has 1 amide bonds. The molecule has 0 aromatic heterocycles. The molecular formula is C15H20ClNO3. The number of carbonyl (C=O) groups excluding carboxylic acids is 1. The Bertz CT molecular complexity index is 472. The summed E-state index contributed by atoms with van der Waals surface area (Å²) in [5, 5.41) is 2.29. The van der Waals surface area contributed by atoms with Gasteiger partial charge in [0.1, 0.15) is 5.38 Å². The highest BCUT2D eigenvalue weighted by Gasteiger charge is 2.23. The quantitative estimate of drug-likeness (QED) is 0.850. The number of carbonyl (C=O) groups is 1. The molecular weight excluding hydrogens is 278 g/mol. The van der Waals surface area contributed by atoms with Gasteiger partial charge in [0.15, 0.2) is 11.5 Å². The summed E-state index contributed by atoms with van der Waals surface area (Å²) in [7, 11) is 3.13. The first-order valence-electron chi connectivity index (χ1n) is 6.82. The van der Waals surface area contributed by atoms with Gasteiger partial charge in [0.2, 0.25) is 5.91 Å². The topological polar surface area (TPSA) is 47.6 Å². The number of amides is 1. The predicted molar refractivity (Wildman–Crippen MR) is 78.5 cm³/mol. The van der Waals surface area contributed by atoms with Gasteiger partial charge in [-0.25, -0.2) is 0 Å². The molecule has 1 aromatic carbocycles. The second-order valence-electron chi connectivity index (χ2n) is 4.97. The van der Waals surface area contributed by atoms with E-state index in [4.69, 9.17) is 21.1 Å². The minimum Gasteiger partial charge on any atom is -0.493 e. The van der Waals surface area contributed by atoms with E-state index in [1.54, 1.807) is 32.4 Å². The fourth-order valence-electron chi connectivity index (χ4n) is 2.51. The molecule has 0 radical (unpaired) electrons. The van der Waals surface area contributed by atoms with Gasteiger partial charge in [-0.2, -0.15) is 0 Å². The molecule has 1 aliphatic carbocycles. The highest BCUT2D eigenvalue weighted by atomic mass is 35.5. The van der Waals surface area contributed by atoms with Crippen LogP contribution in [0.15, 0.2) is 18.2 Å². The van der Waals surface area contributed by atoms with Gasteiger partial charge in [-0.05, 0) is 30.5 Å². The van der Waals surface area contributed by atoms with Crippen LogP contribution < -0.4 is 14.8 Å². The molecule has 110 valence electrons. The number of hydrogen-bond acceptors (Lipinski definition) is 3. The molecule has 1 aromatic rings. The summed E-state index contributed by atoms with van der Waals surface area (Å²) in [5.74, 6) is 1.05. The molecule has 20 heavy (non-hydrogen) atoms. The fourth-order valence-corrected chi connectivity index (χ4v) is 2.71. The van der Waals surface area contributed by atoms with Gasteiger partial charge in [0, 0.05) is 6.04 Å². The number of benzene rings is 1. The lowest BCUT2D eigenvalue weighted by atomic mass is 10.1. The Morgan fingerprint density at radius 1 is 1.25 bits per heavy atom. The van der Waals surface area contributed by atoms with Crippen molar-refractivity contribution in [3.05, 3.63) is 23.8 Å². The van der Waals surface area contributed by atoms with Crippen molar-refractivity contribution in [3.63, 3.8) is 0 Å². The van der Waals surface area contributed by atoms with Crippen LogP contribution in [0.25, 0.3) is 0 Å². The second kappa shape index (κ2) is 6.84. The van der Waals surface area contributed by atoms with Gasteiger partial charge in [-0.3, -0.25) is 4.79 Å².